The maximum Gasteiger partial charge on any atom is 0.250 e. The molecule has 0 unspecified atom stereocenters. The Morgan fingerprint density at radius 1 is 1.58 bits per heavy atom. The molecule has 0 saturated heterocycles. The highest BCUT2D eigenvalue weighted by molar-refractivity contribution is 6.33. The molecule has 12 heavy (non-hydrogen) atoms. The van der Waals surface area contributed by atoms with E-state index in [-0.39, 0.29) is 0 Å². The van der Waals surface area contributed by atoms with Crippen LogP contribution < -0.4 is 5.11 Å². The van der Waals surface area contributed by atoms with Crippen LogP contribution in [0.5, 0.6) is 0 Å². The number of aromatic nitrogens is 1. The molecule has 0 N–H and O–H groups in total. The van der Waals surface area contributed by atoms with Gasteiger partial charge in [0.1, 0.15) is 0 Å². The average molecular weight is 193 g/mol. The third kappa shape index (κ3) is 1.35. The van der Waals surface area contributed by atoms with Crippen LogP contribution in [0.2, 0.25) is 5.02 Å². The molecule has 0 spiro atoms. The van der Waals surface area contributed by atoms with E-state index in [9.17, 15) is 18.7 Å². The predicted octanol–water partition coefficient (Wildman–Crippen LogP) is 0.377. The number of carbonyl (C=O) groups is 1. The van der Waals surface area contributed by atoms with Crippen LogP contribution in [0.3, 0.4) is 0 Å². The molecule has 0 aliphatic heterocycles. The molecule has 64 valence electrons. The second-order valence-corrected chi connectivity index (χ2v) is 2.26. The van der Waals surface area contributed by atoms with Crippen LogP contribution >= 0.6 is 11.6 Å². The van der Waals surface area contributed by atoms with Gasteiger partial charge in [-0.3, -0.25) is 0 Å². The minimum atomic E-state index is -1.70. The average Bonchev–Trinajstić information content (AvgIpc) is 2.00. The number of aromatic carboxylic acids is 1. The fourth-order valence-electron chi connectivity index (χ4n) is 0.586. The van der Waals surface area contributed by atoms with E-state index in [0.717, 1.165) is 0 Å². The summed E-state index contributed by atoms with van der Waals surface area (Å²) in [6, 6.07) is 0. The molecule has 0 atom stereocenters. The molecule has 0 radical (unpaired) electrons. The number of carboxylic acids is 1. The molecule has 0 aliphatic rings. The van der Waals surface area contributed by atoms with Gasteiger partial charge in [0.25, 0.3) is 0 Å². The van der Waals surface area contributed by atoms with Crippen molar-refractivity contribution < 1.29 is 18.7 Å². The molecular formula is C6HClF2NO2-. The maximum atomic E-state index is 12.5. The second kappa shape index (κ2) is 3.02. The number of pyridine rings is 1. The number of nitrogens with zero attached hydrogens (tertiary/aromatic N) is 1. The molecule has 0 amide bonds. The Labute approximate surface area is 70.6 Å². The predicted molar refractivity (Wildman–Crippen MR) is 33.5 cm³/mol. The first-order chi connectivity index (χ1) is 5.54. The SMILES string of the molecule is O=C([O-])c1cnc(F)c(F)c1Cl. The number of hydrogen-bond acceptors (Lipinski definition) is 3. The lowest BCUT2D eigenvalue weighted by Crippen LogP contribution is -2.23. The van der Waals surface area contributed by atoms with Crippen molar-refractivity contribution in [3.63, 3.8) is 0 Å². The molecular weight excluding hydrogens is 192 g/mol. The lowest BCUT2D eigenvalue weighted by Gasteiger charge is -2.04. The van der Waals surface area contributed by atoms with Gasteiger partial charge in [0.2, 0.25) is 5.95 Å². The standard InChI is InChI=1S/C6H2ClF2NO2/c7-3-2(6(11)12)1-10-5(9)4(3)8/h1H,(H,11,12)/p-1. The Morgan fingerprint density at radius 2 is 2.17 bits per heavy atom. The summed E-state index contributed by atoms with van der Waals surface area (Å²) in [4.78, 5) is 13.0. The summed E-state index contributed by atoms with van der Waals surface area (Å²) in [6.45, 7) is 0. The van der Waals surface area contributed by atoms with E-state index < -0.39 is 28.3 Å². The van der Waals surface area contributed by atoms with Crippen molar-refractivity contribution in [3.05, 3.63) is 28.5 Å². The molecule has 0 aliphatic carbocycles. The van der Waals surface area contributed by atoms with E-state index in [4.69, 9.17) is 11.6 Å². The number of halogens is 3. The van der Waals surface area contributed by atoms with Crippen LogP contribution in [0.4, 0.5) is 8.78 Å². The van der Waals surface area contributed by atoms with Crippen LogP contribution in [0, 0.1) is 11.8 Å². The summed E-state index contributed by atoms with van der Waals surface area (Å²) in [7, 11) is 0. The Bertz CT molecular complexity index is 343. The van der Waals surface area contributed by atoms with Crippen molar-refractivity contribution in [1.82, 2.24) is 4.98 Å². The molecule has 0 bridgehead atoms. The number of carboxylic acid groups (broad SMARTS) is 1. The Hall–Kier alpha value is -1.23. The molecule has 1 aromatic heterocycles. The molecule has 6 heteroatoms. The molecule has 0 aromatic carbocycles. The van der Waals surface area contributed by atoms with E-state index in [2.05, 4.69) is 4.98 Å². The third-order valence-electron chi connectivity index (χ3n) is 1.14. The van der Waals surface area contributed by atoms with E-state index in [0.29, 0.717) is 6.20 Å². The van der Waals surface area contributed by atoms with Gasteiger partial charge in [-0.25, -0.2) is 9.37 Å². The molecule has 0 saturated carbocycles. The van der Waals surface area contributed by atoms with E-state index >= 15 is 0 Å². The zero-order valence-electron chi connectivity index (χ0n) is 5.47. The molecule has 1 rings (SSSR count). The first kappa shape index (κ1) is 8.86. The van der Waals surface area contributed by atoms with Crippen LogP contribution in [0.1, 0.15) is 10.4 Å². The zero-order chi connectivity index (χ0) is 9.30. The molecule has 1 aromatic rings. The smallest absolute Gasteiger partial charge is 0.250 e. The highest BCUT2D eigenvalue weighted by Crippen LogP contribution is 2.19. The van der Waals surface area contributed by atoms with Gasteiger partial charge in [-0.2, -0.15) is 4.39 Å². The minimum Gasteiger partial charge on any atom is -0.545 e. The Morgan fingerprint density at radius 3 is 2.67 bits per heavy atom. The number of rotatable bonds is 1. The van der Waals surface area contributed by atoms with Crippen molar-refractivity contribution in [2.45, 2.75) is 0 Å². The van der Waals surface area contributed by atoms with Crippen molar-refractivity contribution in [3.8, 4) is 0 Å². The fourth-order valence-corrected chi connectivity index (χ4v) is 0.790. The summed E-state index contributed by atoms with van der Waals surface area (Å²) < 4.78 is 24.7. The van der Waals surface area contributed by atoms with Crippen LogP contribution in [-0.2, 0) is 0 Å². The van der Waals surface area contributed by atoms with Crippen LogP contribution in [-0.4, -0.2) is 11.0 Å². The van der Waals surface area contributed by atoms with E-state index in [1.54, 1.807) is 0 Å². The van der Waals surface area contributed by atoms with E-state index in [1.807, 2.05) is 0 Å². The summed E-state index contributed by atoms with van der Waals surface area (Å²) in [5.41, 5.74) is -0.671. The van der Waals surface area contributed by atoms with Crippen molar-refractivity contribution in [2.24, 2.45) is 0 Å². The molecule has 1 heterocycles. The highest BCUT2D eigenvalue weighted by atomic mass is 35.5. The highest BCUT2D eigenvalue weighted by Gasteiger charge is 2.12. The summed E-state index contributed by atoms with van der Waals surface area (Å²) in [6.07, 6.45) is 0.593. The maximum absolute atomic E-state index is 12.5. The first-order valence-electron chi connectivity index (χ1n) is 2.75. The largest absolute Gasteiger partial charge is 0.545 e. The lowest BCUT2D eigenvalue weighted by molar-refractivity contribution is -0.255. The zero-order valence-corrected chi connectivity index (χ0v) is 6.23. The van der Waals surface area contributed by atoms with Gasteiger partial charge in [-0.05, 0) is 0 Å². The summed E-state index contributed by atoms with van der Waals surface area (Å²) >= 11 is 5.12. The van der Waals surface area contributed by atoms with Crippen molar-refractivity contribution >= 4 is 17.6 Å². The molecule has 0 fully saturated rings. The topological polar surface area (TPSA) is 53.0 Å². The summed E-state index contributed by atoms with van der Waals surface area (Å²) in [5, 5.41) is 9.33. The monoisotopic (exact) mass is 192 g/mol. The van der Waals surface area contributed by atoms with Gasteiger partial charge in [0, 0.05) is 11.8 Å². The lowest BCUT2D eigenvalue weighted by atomic mass is 10.3. The van der Waals surface area contributed by atoms with Gasteiger partial charge < -0.3 is 9.90 Å². The normalized spacial score (nSPS) is 9.92. The van der Waals surface area contributed by atoms with Crippen molar-refractivity contribution in [1.29, 1.82) is 0 Å². The fraction of sp³-hybridized carbons (Fsp3) is 0. The number of hydrogen-bond donors (Lipinski definition) is 0. The van der Waals surface area contributed by atoms with Gasteiger partial charge >= 0.3 is 0 Å². The minimum absolute atomic E-state index is 0.593. The quantitative estimate of drug-likeness (QED) is 0.605. The second-order valence-electron chi connectivity index (χ2n) is 1.88. The van der Waals surface area contributed by atoms with Crippen LogP contribution in [0.25, 0.3) is 0 Å². The Balaban J connectivity index is 3.36. The van der Waals surface area contributed by atoms with Gasteiger partial charge in [-0.1, -0.05) is 11.6 Å². The Kier molecular flexibility index (Phi) is 2.23. The van der Waals surface area contributed by atoms with E-state index in [1.165, 1.54) is 0 Å². The first-order valence-corrected chi connectivity index (χ1v) is 3.12. The third-order valence-corrected chi connectivity index (χ3v) is 1.51. The number of carbonyl (C=O) groups excluding carboxylic acids is 1. The van der Waals surface area contributed by atoms with Gasteiger partial charge in [0.15, 0.2) is 5.82 Å². The summed E-state index contributed by atoms with van der Waals surface area (Å²) in [5.74, 6) is -4.63. The van der Waals surface area contributed by atoms with Crippen molar-refractivity contribution in [2.75, 3.05) is 0 Å². The van der Waals surface area contributed by atoms with Gasteiger partial charge in [-0.15, -0.1) is 0 Å². The van der Waals surface area contributed by atoms with Gasteiger partial charge in [0.05, 0.1) is 11.0 Å². The van der Waals surface area contributed by atoms with Crippen LogP contribution in [0.15, 0.2) is 6.20 Å². The molecule has 3 nitrogen and oxygen atoms in total.